The maximum Gasteiger partial charge on any atom is 0.343 e. The Balaban J connectivity index is 1.75. The molecule has 2 nitrogen and oxygen atoms in total. The van der Waals surface area contributed by atoms with Gasteiger partial charge in [-0.25, -0.2) is 4.79 Å². The Kier molecular flexibility index (Phi) is 4.05. The van der Waals surface area contributed by atoms with Gasteiger partial charge in [0.2, 0.25) is 0 Å². The van der Waals surface area contributed by atoms with Crippen LogP contribution in [0.5, 0.6) is 5.75 Å². The number of carbonyl (C=O) groups is 1. The van der Waals surface area contributed by atoms with Crippen LogP contribution in [0.1, 0.15) is 53.1 Å². The summed E-state index contributed by atoms with van der Waals surface area (Å²) in [5.74, 6) is 1.04. The lowest BCUT2D eigenvalue weighted by atomic mass is 9.96. The largest absolute Gasteiger partial charge is 0.423 e. The van der Waals surface area contributed by atoms with E-state index in [0.717, 1.165) is 5.56 Å². The van der Waals surface area contributed by atoms with Gasteiger partial charge in [-0.2, -0.15) is 0 Å². The van der Waals surface area contributed by atoms with Crippen molar-refractivity contribution in [3.63, 3.8) is 0 Å². The summed E-state index contributed by atoms with van der Waals surface area (Å²) >= 11 is 0. The van der Waals surface area contributed by atoms with E-state index in [1.54, 1.807) is 12.1 Å². The van der Waals surface area contributed by atoms with Gasteiger partial charge in [0.1, 0.15) is 5.75 Å². The summed E-state index contributed by atoms with van der Waals surface area (Å²) < 4.78 is 5.51. The molecular formula is C19H20O2. The number of carbonyl (C=O) groups excluding carboxylic acids is 1. The Hall–Kier alpha value is -2.09. The molecule has 0 atom stereocenters. The van der Waals surface area contributed by atoms with Crippen LogP contribution in [0.4, 0.5) is 0 Å². The van der Waals surface area contributed by atoms with Gasteiger partial charge in [0.05, 0.1) is 5.56 Å². The molecule has 0 heterocycles. The zero-order valence-electron chi connectivity index (χ0n) is 12.3. The molecule has 0 radical (unpaired) electrons. The molecule has 0 unspecified atom stereocenters. The van der Waals surface area contributed by atoms with Gasteiger partial charge < -0.3 is 4.74 Å². The first-order valence-corrected chi connectivity index (χ1v) is 7.62. The third-order valence-electron chi connectivity index (χ3n) is 4.24. The van der Waals surface area contributed by atoms with Gasteiger partial charge in [-0.3, -0.25) is 0 Å². The molecule has 0 saturated heterocycles. The second-order valence-electron chi connectivity index (χ2n) is 5.76. The van der Waals surface area contributed by atoms with Gasteiger partial charge in [-0.15, -0.1) is 0 Å². The molecule has 2 aromatic rings. The summed E-state index contributed by atoms with van der Waals surface area (Å²) in [5, 5.41) is 0. The summed E-state index contributed by atoms with van der Waals surface area (Å²) in [5.41, 5.74) is 2.99. The Morgan fingerprint density at radius 3 is 2.43 bits per heavy atom. The van der Waals surface area contributed by atoms with Crippen molar-refractivity contribution in [2.24, 2.45) is 0 Å². The van der Waals surface area contributed by atoms with Crippen molar-refractivity contribution in [2.45, 2.75) is 38.5 Å². The SMILES string of the molecule is Cc1cc(C2CCCC2)ccc1OC(=O)c1ccccc1. The maximum absolute atomic E-state index is 12.1. The molecule has 1 fully saturated rings. The standard InChI is InChI=1S/C19H20O2/c1-14-13-17(15-7-5-6-8-15)11-12-18(14)21-19(20)16-9-3-2-4-10-16/h2-4,9-13,15H,5-8H2,1H3. The third-order valence-corrected chi connectivity index (χ3v) is 4.24. The highest BCUT2D eigenvalue weighted by Gasteiger charge is 2.18. The average Bonchev–Trinajstić information content (AvgIpc) is 3.04. The van der Waals surface area contributed by atoms with Crippen LogP contribution < -0.4 is 4.74 Å². The van der Waals surface area contributed by atoms with Gasteiger partial charge in [0, 0.05) is 0 Å². The minimum atomic E-state index is -0.299. The molecule has 2 heteroatoms. The van der Waals surface area contributed by atoms with E-state index in [2.05, 4.69) is 12.1 Å². The smallest absolute Gasteiger partial charge is 0.343 e. The first-order chi connectivity index (χ1) is 10.2. The Morgan fingerprint density at radius 2 is 1.76 bits per heavy atom. The van der Waals surface area contributed by atoms with Gasteiger partial charge >= 0.3 is 5.97 Å². The molecule has 0 spiro atoms. The second-order valence-corrected chi connectivity index (χ2v) is 5.76. The molecule has 1 aliphatic rings. The van der Waals surface area contributed by atoms with Crippen molar-refractivity contribution < 1.29 is 9.53 Å². The number of hydrogen-bond acceptors (Lipinski definition) is 2. The Labute approximate surface area is 125 Å². The van der Waals surface area contributed by atoms with Crippen LogP contribution in [0.3, 0.4) is 0 Å². The molecule has 108 valence electrons. The molecule has 1 saturated carbocycles. The van der Waals surface area contributed by atoms with Crippen LogP contribution in [-0.4, -0.2) is 5.97 Å². The fraction of sp³-hybridized carbons (Fsp3) is 0.316. The number of esters is 1. The molecular weight excluding hydrogens is 260 g/mol. The third kappa shape index (κ3) is 3.15. The maximum atomic E-state index is 12.1. The lowest BCUT2D eigenvalue weighted by Crippen LogP contribution is -2.09. The van der Waals surface area contributed by atoms with Gasteiger partial charge in [0.25, 0.3) is 0 Å². The summed E-state index contributed by atoms with van der Waals surface area (Å²) in [6.45, 7) is 2.01. The quantitative estimate of drug-likeness (QED) is 0.592. The summed E-state index contributed by atoms with van der Waals surface area (Å²) in [6.07, 6.45) is 5.22. The highest BCUT2D eigenvalue weighted by atomic mass is 16.5. The van der Waals surface area contributed by atoms with Crippen molar-refractivity contribution in [2.75, 3.05) is 0 Å². The first kappa shape index (κ1) is 13.9. The Morgan fingerprint density at radius 1 is 1.05 bits per heavy atom. The van der Waals surface area contributed by atoms with Crippen molar-refractivity contribution in [1.82, 2.24) is 0 Å². The minimum absolute atomic E-state index is 0.299. The summed E-state index contributed by atoms with van der Waals surface area (Å²) in [6, 6.07) is 15.3. The van der Waals surface area contributed by atoms with Gasteiger partial charge in [-0.05, 0) is 55.0 Å². The molecule has 3 rings (SSSR count). The summed E-state index contributed by atoms with van der Waals surface area (Å²) in [4.78, 5) is 12.1. The molecule has 21 heavy (non-hydrogen) atoms. The van der Waals surface area contributed by atoms with E-state index in [0.29, 0.717) is 17.2 Å². The number of rotatable bonds is 3. The van der Waals surface area contributed by atoms with E-state index in [-0.39, 0.29) is 5.97 Å². The highest BCUT2D eigenvalue weighted by Crippen LogP contribution is 2.35. The first-order valence-electron chi connectivity index (χ1n) is 7.62. The van der Waals surface area contributed by atoms with Crippen LogP contribution in [0.25, 0.3) is 0 Å². The lowest BCUT2D eigenvalue weighted by Gasteiger charge is -2.13. The van der Waals surface area contributed by atoms with Gasteiger partial charge in [0.15, 0.2) is 0 Å². The van der Waals surface area contributed by atoms with Gasteiger partial charge in [-0.1, -0.05) is 43.2 Å². The lowest BCUT2D eigenvalue weighted by molar-refractivity contribution is 0.0733. The molecule has 0 bridgehead atoms. The fourth-order valence-electron chi connectivity index (χ4n) is 3.03. The fourth-order valence-corrected chi connectivity index (χ4v) is 3.03. The van der Waals surface area contributed by atoms with E-state index in [1.807, 2.05) is 31.2 Å². The average molecular weight is 280 g/mol. The van der Waals surface area contributed by atoms with Crippen LogP contribution in [0, 0.1) is 6.92 Å². The van der Waals surface area contributed by atoms with Crippen LogP contribution in [-0.2, 0) is 0 Å². The monoisotopic (exact) mass is 280 g/mol. The Bertz CT molecular complexity index is 625. The number of aryl methyl sites for hydroxylation is 1. The molecule has 0 amide bonds. The topological polar surface area (TPSA) is 26.3 Å². The molecule has 2 aromatic carbocycles. The van der Waals surface area contributed by atoms with E-state index in [4.69, 9.17) is 4.74 Å². The zero-order valence-corrected chi connectivity index (χ0v) is 12.3. The number of hydrogen-bond donors (Lipinski definition) is 0. The van der Waals surface area contributed by atoms with Crippen LogP contribution >= 0.6 is 0 Å². The van der Waals surface area contributed by atoms with E-state index in [9.17, 15) is 4.79 Å². The highest BCUT2D eigenvalue weighted by molar-refractivity contribution is 5.91. The van der Waals surface area contributed by atoms with E-state index in [1.165, 1.54) is 31.2 Å². The number of benzene rings is 2. The predicted octanol–water partition coefficient (Wildman–Crippen LogP) is 4.87. The number of ether oxygens (including phenoxy) is 1. The molecule has 0 aliphatic heterocycles. The van der Waals surface area contributed by atoms with Crippen LogP contribution in [0.15, 0.2) is 48.5 Å². The molecule has 1 aliphatic carbocycles. The molecule has 0 N–H and O–H groups in total. The second kappa shape index (κ2) is 6.13. The summed E-state index contributed by atoms with van der Waals surface area (Å²) in [7, 11) is 0. The van der Waals surface area contributed by atoms with Crippen molar-refractivity contribution in [1.29, 1.82) is 0 Å². The predicted molar refractivity (Wildman–Crippen MR) is 83.8 cm³/mol. The van der Waals surface area contributed by atoms with Crippen LogP contribution in [0.2, 0.25) is 0 Å². The van der Waals surface area contributed by atoms with Crippen molar-refractivity contribution in [3.8, 4) is 5.75 Å². The molecule has 0 aromatic heterocycles. The van der Waals surface area contributed by atoms with Crippen molar-refractivity contribution in [3.05, 3.63) is 65.2 Å². The minimum Gasteiger partial charge on any atom is -0.423 e. The zero-order chi connectivity index (χ0) is 14.7. The van der Waals surface area contributed by atoms with E-state index >= 15 is 0 Å². The normalized spacial score (nSPS) is 15.1. The van der Waals surface area contributed by atoms with E-state index < -0.39 is 0 Å². The van der Waals surface area contributed by atoms with Crippen molar-refractivity contribution >= 4 is 5.97 Å².